The lowest BCUT2D eigenvalue weighted by Gasteiger charge is -2.31. The van der Waals surface area contributed by atoms with Crippen LogP contribution in [-0.2, 0) is 4.79 Å². The van der Waals surface area contributed by atoms with Crippen molar-refractivity contribution in [3.63, 3.8) is 0 Å². The van der Waals surface area contributed by atoms with Gasteiger partial charge in [0.15, 0.2) is 17.8 Å². The molecule has 1 amide bonds. The predicted molar refractivity (Wildman–Crippen MR) is 142 cm³/mol. The van der Waals surface area contributed by atoms with Gasteiger partial charge in [-0.1, -0.05) is 35.3 Å². The van der Waals surface area contributed by atoms with E-state index in [0.717, 1.165) is 6.07 Å². The molecule has 15 heteroatoms. The number of hydrogen-bond donors (Lipinski definition) is 3. The van der Waals surface area contributed by atoms with Crippen LogP contribution in [0, 0.1) is 17.3 Å². The number of aliphatic hydroxyl groups excluding tert-OH is 1. The lowest BCUT2D eigenvalue weighted by Crippen LogP contribution is -2.53. The number of ether oxygens (including phenoxy) is 1. The van der Waals surface area contributed by atoms with E-state index in [4.69, 9.17) is 23.2 Å². The van der Waals surface area contributed by atoms with Crippen LogP contribution in [0.1, 0.15) is 18.9 Å². The Labute approximate surface area is 237 Å². The molecule has 212 valence electrons. The number of nitriles is 1. The second kappa shape index (κ2) is 12.7. The molecule has 10 nitrogen and oxygen atoms in total. The first kappa shape index (κ1) is 29.4. The van der Waals surface area contributed by atoms with Gasteiger partial charge in [-0.3, -0.25) is 10.1 Å². The Morgan fingerprint density at radius 1 is 1.38 bits per heavy atom. The maximum Gasteiger partial charge on any atom is 0.387 e. The highest BCUT2D eigenvalue weighted by Crippen LogP contribution is 2.30. The minimum Gasteiger partial charge on any atom is -0.432 e. The fraction of sp³-hybridized carbons (Fsp3) is 0.360. The summed E-state index contributed by atoms with van der Waals surface area (Å²) in [5.41, 5.74) is 0.524. The third kappa shape index (κ3) is 6.42. The first-order valence-electron chi connectivity index (χ1n) is 12.1. The second-order valence-corrected chi connectivity index (χ2v) is 9.64. The Morgan fingerprint density at radius 3 is 2.77 bits per heavy atom. The highest BCUT2D eigenvalue weighted by molar-refractivity contribution is 6.42. The molecular formula is C25H24Cl2F3N7O3. The number of alkyl halides is 2. The first-order valence-corrected chi connectivity index (χ1v) is 12.9. The van der Waals surface area contributed by atoms with Crippen LogP contribution in [0.5, 0.6) is 5.75 Å². The number of halogens is 5. The quantitative estimate of drug-likeness (QED) is 0.193. The molecule has 0 aromatic heterocycles. The van der Waals surface area contributed by atoms with Gasteiger partial charge in [0.05, 0.1) is 40.5 Å². The Bertz CT molecular complexity index is 1370. The van der Waals surface area contributed by atoms with E-state index in [1.165, 1.54) is 17.1 Å². The number of guanidine groups is 1. The van der Waals surface area contributed by atoms with Crippen LogP contribution >= 0.6 is 23.2 Å². The summed E-state index contributed by atoms with van der Waals surface area (Å²) in [5, 5.41) is 31.1. The number of aliphatic hydroxyl groups is 1. The summed E-state index contributed by atoms with van der Waals surface area (Å²) in [6, 6.07) is 7.01. The van der Waals surface area contributed by atoms with Gasteiger partial charge >= 0.3 is 6.61 Å². The standard InChI is InChI=1S/C25H24Cl2F3N7O3/c1-2-36(23(39)18-9-14(38)10-32-18)19-11-37(35-22(19)13-6-7-15(26)16(27)8-13)25(33-12-31)34-17-4-3-5-20(21(17)28)40-24(29)30/h3-8,14,18-19,24,32,38H,2,9-11H2,1H3,(H,33,34)/t14-,18-,19?/m1/s1. The molecule has 2 aliphatic heterocycles. The third-order valence-electron chi connectivity index (χ3n) is 6.31. The van der Waals surface area contributed by atoms with Crippen molar-refractivity contribution in [3.8, 4) is 11.9 Å². The molecule has 1 fully saturated rings. The average molecular weight is 598 g/mol. The Balaban J connectivity index is 1.75. The van der Waals surface area contributed by atoms with E-state index in [0.29, 0.717) is 16.3 Å². The molecule has 0 bridgehead atoms. The van der Waals surface area contributed by atoms with Gasteiger partial charge in [0, 0.05) is 18.7 Å². The second-order valence-electron chi connectivity index (χ2n) is 8.83. The van der Waals surface area contributed by atoms with Gasteiger partial charge in [-0.25, -0.2) is 14.4 Å². The zero-order valence-corrected chi connectivity index (χ0v) is 22.5. The molecule has 0 aliphatic carbocycles. The van der Waals surface area contributed by atoms with Gasteiger partial charge in [-0.2, -0.15) is 19.1 Å². The van der Waals surface area contributed by atoms with Crippen LogP contribution < -0.4 is 15.4 Å². The topological polar surface area (TPSA) is 126 Å². The molecule has 3 N–H and O–H groups in total. The molecule has 1 unspecified atom stereocenters. The Kier molecular flexibility index (Phi) is 9.36. The maximum absolute atomic E-state index is 14.9. The van der Waals surface area contributed by atoms with Gasteiger partial charge in [0.25, 0.3) is 0 Å². The summed E-state index contributed by atoms with van der Waals surface area (Å²) in [4.78, 5) is 19.2. The summed E-state index contributed by atoms with van der Waals surface area (Å²) in [6.07, 6.45) is 1.29. The van der Waals surface area contributed by atoms with Gasteiger partial charge in [-0.05, 0) is 37.6 Å². The van der Waals surface area contributed by atoms with Crippen molar-refractivity contribution in [3.05, 3.63) is 57.8 Å². The normalized spacial score (nSPS) is 20.9. The zero-order valence-electron chi connectivity index (χ0n) is 21.0. The van der Waals surface area contributed by atoms with E-state index < -0.39 is 42.1 Å². The molecule has 3 atom stereocenters. The highest BCUT2D eigenvalue weighted by Gasteiger charge is 2.40. The third-order valence-corrected chi connectivity index (χ3v) is 7.05. The van der Waals surface area contributed by atoms with E-state index in [1.54, 1.807) is 36.2 Å². The Morgan fingerprint density at radius 2 is 2.15 bits per heavy atom. The number of likely N-dealkylation sites (N-methyl/N-ethyl adjacent to an activating group) is 1. The number of hydrogen-bond acceptors (Lipinski definition) is 7. The van der Waals surface area contributed by atoms with Gasteiger partial charge in [0.1, 0.15) is 5.69 Å². The van der Waals surface area contributed by atoms with Gasteiger partial charge < -0.3 is 20.1 Å². The smallest absolute Gasteiger partial charge is 0.387 e. The summed E-state index contributed by atoms with van der Waals surface area (Å²) >= 11 is 12.4. The zero-order chi connectivity index (χ0) is 29.0. The number of nitrogens with one attached hydrogen (secondary N) is 2. The predicted octanol–water partition coefficient (Wildman–Crippen LogP) is 3.45. The molecule has 0 saturated carbocycles. The monoisotopic (exact) mass is 597 g/mol. The van der Waals surface area contributed by atoms with Crippen molar-refractivity contribution in [1.29, 1.82) is 5.26 Å². The molecule has 1 saturated heterocycles. The van der Waals surface area contributed by atoms with Crippen molar-refractivity contribution in [2.24, 2.45) is 10.1 Å². The van der Waals surface area contributed by atoms with Gasteiger partial charge in [0.2, 0.25) is 11.9 Å². The summed E-state index contributed by atoms with van der Waals surface area (Å²) < 4.78 is 44.5. The number of carbonyl (C=O) groups is 1. The van der Waals surface area contributed by atoms with Gasteiger partial charge in [-0.15, -0.1) is 0 Å². The van der Waals surface area contributed by atoms with Crippen LogP contribution in [0.15, 0.2) is 46.5 Å². The molecular weight excluding hydrogens is 574 g/mol. The molecule has 2 heterocycles. The van der Waals surface area contributed by atoms with Crippen LogP contribution in [0.2, 0.25) is 10.0 Å². The number of β-amino-alcohol motifs (C(OH)–C–C–N with tert-alkyl or cyclic N) is 1. The van der Waals surface area contributed by atoms with E-state index in [2.05, 4.69) is 25.5 Å². The molecule has 2 aromatic rings. The molecule has 40 heavy (non-hydrogen) atoms. The van der Waals surface area contributed by atoms with Crippen LogP contribution in [0.3, 0.4) is 0 Å². The van der Waals surface area contributed by atoms with Crippen LogP contribution in [0.4, 0.5) is 18.9 Å². The minimum absolute atomic E-state index is 0.00715. The summed E-state index contributed by atoms with van der Waals surface area (Å²) in [5.74, 6) is -2.39. The Hall–Kier alpha value is -3.57. The lowest BCUT2D eigenvalue weighted by molar-refractivity contribution is -0.134. The number of amides is 1. The van der Waals surface area contributed by atoms with Crippen molar-refractivity contribution >= 4 is 46.5 Å². The van der Waals surface area contributed by atoms with Crippen LogP contribution in [-0.4, -0.2) is 77.0 Å². The number of benzene rings is 2. The number of aliphatic imine (C=N–C) groups is 1. The summed E-state index contributed by atoms with van der Waals surface area (Å²) in [7, 11) is 0. The lowest BCUT2D eigenvalue weighted by atomic mass is 10.0. The van der Waals surface area contributed by atoms with Crippen molar-refractivity contribution in [2.75, 3.05) is 19.6 Å². The largest absolute Gasteiger partial charge is 0.432 e. The van der Waals surface area contributed by atoms with E-state index >= 15 is 0 Å². The fourth-order valence-electron chi connectivity index (χ4n) is 4.50. The number of hydrazone groups is 1. The highest BCUT2D eigenvalue weighted by atomic mass is 35.5. The SMILES string of the molecule is CCN(C(=O)[C@H]1C[C@@H](O)CN1)C1CN(C(=Nc2cccc(OC(F)F)c2F)NC#N)N=C1c1ccc(Cl)c(Cl)c1. The van der Waals surface area contributed by atoms with Crippen molar-refractivity contribution in [2.45, 2.75) is 38.1 Å². The maximum atomic E-state index is 14.9. The van der Waals surface area contributed by atoms with E-state index in [-0.39, 0.29) is 42.9 Å². The van der Waals surface area contributed by atoms with Crippen molar-refractivity contribution in [1.82, 2.24) is 20.5 Å². The average Bonchev–Trinajstić information content (AvgIpc) is 3.55. The van der Waals surface area contributed by atoms with E-state index in [1.807, 2.05) is 0 Å². The van der Waals surface area contributed by atoms with E-state index in [9.17, 15) is 28.3 Å². The molecule has 2 aromatic carbocycles. The fourth-order valence-corrected chi connectivity index (χ4v) is 4.79. The molecule has 0 radical (unpaired) electrons. The van der Waals surface area contributed by atoms with Crippen LogP contribution in [0.25, 0.3) is 0 Å². The number of carbonyl (C=O) groups excluding carboxylic acids is 1. The minimum atomic E-state index is -3.25. The molecule has 2 aliphatic rings. The molecule has 0 spiro atoms. The summed E-state index contributed by atoms with van der Waals surface area (Å²) in [6.45, 7) is -0.929. The first-order chi connectivity index (χ1) is 19.1. The molecule has 4 rings (SSSR count). The number of rotatable bonds is 7. The van der Waals surface area contributed by atoms with Crippen molar-refractivity contribution < 1.29 is 27.8 Å². The number of nitrogens with zero attached hydrogens (tertiary/aromatic N) is 5.